The van der Waals surface area contributed by atoms with E-state index in [2.05, 4.69) is 5.32 Å². The number of hydrogen-bond donors (Lipinski definition) is 2. The first kappa shape index (κ1) is 20.5. The standard InChI is InChI=1S/C22H27NO4/c1-15-5-4-6-17(11-15)13-19(22(25)26)14-23-21(24)12-16(2)18-7-9-20(27-3)10-8-18/h4-11,16,19H,12-14H2,1-3H3,(H,23,24)(H,25,26). The molecule has 0 saturated heterocycles. The van der Waals surface area contributed by atoms with E-state index in [0.717, 1.165) is 22.4 Å². The SMILES string of the molecule is COc1ccc(C(C)CC(=O)NCC(Cc2cccc(C)c2)C(=O)O)cc1. The lowest BCUT2D eigenvalue weighted by molar-refractivity contribution is -0.141. The number of benzene rings is 2. The summed E-state index contributed by atoms with van der Waals surface area (Å²) in [6.45, 7) is 4.07. The van der Waals surface area contributed by atoms with Crippen LogP contribution >= 0.6 is 0 Å². The maximum absolute atomic E-state index is 12.3. The molecule has 2 rings (SSSR count). The molecule has 0 heterocycles. The van der Waals surface area contributed by atoms with Crippen LogP contribution in [0.4, 0.5) is 0 Å². The maximum Gasteiger partial charge on any atom is 0.308 e. The minimum atomic E-state index is -0.903. The highest BCUT2D eigenvalue weighted by atomic mass is 16.5. The van der Waals surface area contributed by atoms with Crippen molar-refractivity contribution in [3.8, 4) is 5.75 Å². The van der Waals surface area contributed by atoms with Crippen molar-refractivity contribution in [1.82, 2.24) is 5.32 Å². The number of carboxylic acids is 1. The first-order valence-corrected chi connectivity index (χ1v) is 9.08. The number of methoxy groups -OCH3 is 1. The third kappa shape index (κ3) is 6.44. The molecule has 0 aromatic heterocycles. The van der Waals surface area contributed by atoms with Gasteiger partial charge in [0.2, 0.25) is 5.91 Å². The fourth-order valence-corrected chi connectivity index (χ4v) is 3.01. The zero-order chi connectivity index (χ0) is 19.8. The van der Waals surface area contributed by atoms with E-state index in [1.807, 2.05) is 62.4 Å². The van der Waals surface area contributed by atoms with Gasteiger partial charge in [-0.05, 0) is 42.5 Å². The van der Waals surface area contributed by atoms with E-state index in [1.54, 1.807) is 7.11 Å². The fraction of sp³-hybridized carbons (Fsp3) is 0.364. The van der Waals surface area contributed by atoms with Crippen LogP contribution in [0, 0.1) is 12.8 Å². The lowest BCUT2D eigenvalue weighted by Crippen LogP contribution is -2.34. The Labute approximate surface area is 160 Å². The van der Waals surface area contributed by atoms with Gasteiger partial charge in [0.15, 0.2) is 0 Å². The summed E-state index contributed by atoms with van der Waals surface area (Å²) in [5.74, 6) is -0.882. The van der Waals surface area contributed by atoms with E-state index >= 15 is 0 Å². The Morgan fingerprint density at radius 3 is 2.44 bits per heavy atom. The Morgan fingerprint density at radius 2 is 1.85 bits per heavy atom. The number of amides is 1. The van der Waals surface area contributed by atoms with E-state index in [1.165, 1.54) is 0 Å². The van der Waals surface area contributed by atoms with Gasteiger partial charge in [-0.1, -0.05) is 48.9 Å². The smallest absolute Gasteiger partial charge is 0.308 e. The van der Waals surface area contributed by atoms with Crippen molar-refractivity contribution >= 4 is 11.9 Å². The normalized spacial score (nSPS) is 12.9. The van der Waals surface area contributed by atoms with Gasteiger partial charge >= 0.3 is 5.97 Å². The van der Waals surface area contributed by atoms with Crippen molar-refractivity contribution in [2.75, 3.05) is 13.7 Å². The summed E-state index contributed by atoms with van der Waals surface area (Å²) < 4.78 is 5.14. The molecule has 2 N–H and O–H groups in total. The highest BCUT2D eigenvalue weighted by Crippen LogP contribution is 2.21. The quantitative estimate of drug-likeness (QED) is 0.709. The average Bonchev–Trinajstić information content (AvgIpc) is 2.65. The van der Waals surface area contributed by atoms with Crippen LogP contribution in [0.15, 0.2) is 48.5 Å². The highest BCUT2D eigenvalue weighted by molar-refractivity contribution is 5.78. The number of carbonyl (C=O) groups is 2. The topological polar surface area (TPSA) is 75.6 Å². The summed E-state index contributed by atoms with van der Waals surface area (Å²) >= 11 is 0. The number of hydrogen-bond acceptors (Lipinski definition) is 3. The van der Waals surface area contributed by atoms with Crippen LogP contribution < -0.4 is 10.1 Å². The van der Waals surface area contributed by atoms with Crippen LogP contribution in [0.3, 0.4) is 0 Å². The molecule has 0 aliphatic carbocycles. The van der Waals surface area contributed by atoms with Gasteiger partial charge in [-0.15, -0.1) is 0 Å². The summed E-state index contributed by atoms with van der Waals surface area (Å²) in [6, 6.07) is 15.4. The van der Waals surface area contributed by atoms with Gasteiger partial charge in [0.1, 0.15) is 5.75 Å². The molecule has 2 aromatic rings. The molecule has 0 fully saturated rings. The van der Waals surface area contributed by atoms with Crippen molar-refractivity contribution in [3.05, 3.63) is 65.2 Å². The third-order valence-corrected chi connectivity index (χ3v) is 4.64. The molecule has 27 heavy (non-hydrogen) atoms. The van der Waals surface area contributed by atoms with Crippen molar-refractivity contribution < 1.29 is 19.4 Å². The molecular formula is C22H27NO4. The highest BCUT2D eigenvalue weighted by Gasteiger charge is 2.20. The average molecular weight is 369 g/mol. The second-order valence-electron chi connectivity index (χ2n) is 6.91. The summed E-state index contributed by atoms with van der Waals surface area (Å²) in [7, 11) is 1.61. The Kier molecular flexibility index (Phi) is 7.41. The van der Waals surface area contributed by atoms with Crippen molar-refractivity contribution in [2.45, 2.75) is 32.6 Å². The largest absolute Gasteiger partial charge is 0.497 e. The lowest BCUT2D eigenvalue weighted by atomic mass is 9.96. The summed E-state index contributed by atoms with van der Waals surface area (Å²) in [5.41, 5.74) is 3.10. The van der Waals surface area contributed by atoms with Crippen LogP contribution in [0.25, 0.3) is 0 Å². The molecule has 0 radical (unpaired) electrons. The van der Waals surface area contributed by atoms with Crippen LogP contribution in [0.5, 0.6) is 5.75 Å². The fourth-order valence-electron chi connectivity index (χ4n) is 3.01. The Hall–Kier alpha value is -2.82. The Bertz CT molecular complexity index is 770. The van der Waals surface area contributed by atoms with Crippen LogP contribution in [-0.2, 0) is 16.0 Å². The first-order valence-electron chi connectivity index (χ1n) is 9.08. The molecule has 5 heteroatoms. The second kappa shape index (κ2) is 9.76. The van der Waals surface area contributed by atoms with Crippen molar-refractivity contribution in [3.63, 3.8) is 0 Å². The molecule has 0 aliphatic heterocycles. The van der Waals surface area contributed by atoms with E-state index in [9.17, 15) is 14.7 Å². The number of rotatable bonds is 9. The molecule has 2 aromatic carbocycles. The molecule has 2 unspecified atom stereocenters. The molecule has 0 saturated carbocycles. The van der Waals surface area contributed by atoms with Gasteiger partial charge in [-0.3, -0.25) is 9.59 Å². The van der Waals surface area contributed by atoms with Gasteiger partial charge in [-0.2, -0.15) is 0 Å². The first-order chi connectivity index (χ1) is 12.9. The molecule has 2 atom stereocenters. The number of carbonyl (C=O) groups excluding carboxylic acids is 1. The predicted octanol–water partition coefficient (Wildman–Crippen LogP) is 3.56. The van der Waals surface area contributed by atoms with Crippen molar-refractivity contribution in [2.24, 2.45) is 5.92 Å². The van der Waals surface area contributed by atoms with E-state index in [0.29, 0.717) is 12.8 Å². The molecule has 5 nitrogen and oxygen atoms in total. The molecule has 0 spiro atoms. The minimum Gasteiger partial charge on any atom is -0.497 e. The summed E-state index contributed by atoms with van der Waals surface area (Å²) in [6.07, 6.45) is 0.703. The number of aryl methyl sites for hydroxylation is 1. The Morgan fingerprint density at radius 1 is 1.15 bits per heavy atom. The van der Waals surface area contributed by atoms with Gasteiger partial charge in [-0.25, -0.2) is 0 Å². The Balaban J connectivity index is 1.88. The number of carboxylic acid groups (broad SMARTS) is 1. The predicted molar refractivity (Wildman–Crippen MR) is 105 cm³/mol. The van der Waals surface area contributed by atoms with Gasteiger partial charge in [0.05, 0.1) is 13.0 Å². The van der Waals surface area contributed by atoms with E-state index < -0.39 is 11.9 Å². The van der Waals surface area contributed by atoms with Gasteiger partial charge < -0.3 is 15.2 Å². The van der Waals surface area contributed by atoms with Gasteiger partial charge in [0.25, 0.3) is 0 Å². The summed E-state index contributed by atoms with van der Waals surface area (Å²) in [5, 5.41) is 12.2. The lowest BCUT2D eigenvalue weighted by Gasteiger charge is -2.16. The van der Waals surface area contributed by atoms with Gasteiger partial charge in [0, 0.05) is 13.0 Å². The zero-order valence-corrected chi connectivity index (χ0v) is 16.1. The third-order valence-electron chi connectivity index (χ3n) is 4.64. The minimum absolute atomic E-state index is 0.0379. The monoisotopic (exact) mass is 369 g/mol. The van der Waals surface area contributed by atoms with E-state index in [-0.39, 0.29) is 18.4 Å². The number of ether oxygens (including phenoxy) is 1. The molecule has 0 aliphatic rings. The second-order valence-corrected chi connectivity index (χ2v) is 6.91. The van der Waals surface area contributed by atoms with Crippen LogP contribution in [0.2, 0.25) is 0 Å². The molecular weight excluding hydrogens is 342 g/mol. The van der Waals surface area contributed by atoms with Crippen LogP contribution in [-0.4, -0.2) is 30.6 Å². The zero-order valence-electron chi connectivity index (χ0n) is 16.1. The molecule has 144 valence electrons. The van der Waals surface area contributed by atoms with Crippen molar-refractivity contribution in [1.29, 1.82) is 0 Å². The van der Waals surface area contributed by atoms with E-state index in [4.69, 9.17) is 4.74 Å². The molecule has 1 amide bonds. The van der Waals surface area contributed by atoms with Crippen LogP contribution in [0.1, 0.15) is 36.0 Å². The maximum atomic E-state index is 12.3. The number of aliphatic carboxylic acids is 1. The molecule has 0 bridgehead atoms. The number of nitrogens with one attached hydrogen (secondary N) is 1. The summed E-state index contributed by atoms with van der Waals surface area (Å²) in [4.78, 5) is 23.8.